The molecule has 0 aliphatic carbocycles. The van der Waals surface area contributed by atoms with Crippen LogP contribution in [0.4, 0.5) is 5.69 Å². The Balaban J connectivity index is 2.37. The summed E-state index contributed by atoms with van der Waals surface area (Å²) in [6.45, 7) is 1.81. The number of aromatic nitrogens is 2. The van der Waals surface area contributed by atoms with E-state index in [-0.39, 0.29) is 0 Å². The first-order valence-electron chi connectivity index (χ1n) is 4.90. The number of ether oxygens (including phenoxy) is 1. The van der Waals surface area contributed by atoms with Crippen molar-refractivity contribution in [2.45, 2.75) is 6.92 Å². The van der Waals surface area contributed by atoms with Crippen molar-refractivity contribution in [2.24, 2.45) is 7.05 Å². The molecule has 0 atom stereocenters. The van der Waals surface area contributed by atoms with Crippen LogP contribution in [-0.4, -0.2) is 9.78 Å². The number of nitrogens with two attached hydrogens (primary N) is 1. The van der Waals surface area contributed by atoms with Crippen molar-refractivity contribution < 1.29 is 4.74 Å². The molecule has 0 aliphatic heterocycles. The molecule has 0 spiro atoms. The number of aryl methyl sites for hydroxylation is 2. The number of nitrogen functional groups attached to an aromatic ring is 1. The Morgan fingerprint density at radius 2 is 1.82 bits per heavy atom. The molecule has 0 radical (unpaired) electrons. The molecule has 0 unspecified atom stereocenters. The topological polar surface area (TPSA) is 53.1 Å². The van der Waals surface area contributed by atoms with Crippen molar-refractivity contribution in [3.05, 3.63) is 33.9 Å². The molecule has 0 bridgehead atoms. The van der Waals surface area contributed by atoms with E-state index in [0.29, 0.717) is 27.4 Å². The van der Waals surface area contributed by atoms with E-state index in [0.717, 1.165) is 5.69 Å². The maximum atomic E-state index is 5.88. The van der Waals surface area contributed by atoms with Gasteiger partial charge in [-0.1, -0.05) is 23.2 Å². The summed E-state index contributed by atoms with van der Waals surface area (Å²) in [6, 6.07) is 4.96. The normalized spacial score (nSPS) is 10.6. The number of nitrogens with zero attached hydrogens (tertiary/aromatic N) is 2. The van der Waals surface area contributed by atoms with E-state index in [1.165, 1.54) is 0 Å². The van der Waals surface area contributed by atoms with Crippen molar-refractivity contribution in [1.29, 1.82) is 0 Å². The van der Waals surface area contributed by atoms with Crippen LogP contribution in [0.1, 0.15) is 5.69 Å². The minimum absolute atomic E-state index is 0.473. The SMILES string of the molecule is Cc1nn(C)c(Oc2cc(Cl)cc(Cl)c2)c1N. The van der Waals surface area contributed by atoms with Crippen LogP contribution in [0.2, 0.25) is 10.0 Å². The molecule has 1 aromatic heterocycles. The van der Waals surface area contributed by atoms with Gasteiger partial charge in [0.25, 0.3) is 0 Å². The molecule has 90 valence electrons. The zero-order valence-corrected chi connectivity index (χ0v) is 10.9. The van der Waals surface area contributed by atoms with Gasteiger partial charge in [-0.2, -0.15) is 5.10 Å². The predicted molar refractivity (Wildman–Crippen MR) is 68.9 cm³/mol. The lowest BCUT2D eigenvalue weighted by molar-refractivity contribution is 0.432. The lowest BCUT2D eigenvalue weighted by atomic mass is 10.3. The Hall–Kier alpha value is -1.39. The summed E-state index contributed by atoms with van der Waals surface area (Å²) in [6.07, 6.45) is 0. The van der Waals surface area contributed by atoms with Crippen LogP contribution >= 0.6 is 23.2 Å². The van der Waals surface area contributed by atoms with Crippen LogP contribution in [0.5, 0.6) is 11.6 Å². The second-order valence-corrected chi connectivity index (χ2v) is 4.51. The molecule has 17 heavy (non-hydrogen) atoms. The highest BCUT2D eigenvalue weighted by atomic mass is 35.5. The van der Waals surface area contributed by atoms with Crippen molar-refractivity contribution in [2.75, 3.05) is 5.73 Å². The van der Waals surface area contributed by atoms with Gasteiger partial charge >= 0.3 is 0 Å². The van der Waals surface area contributed by atoms with E-state index in [2.05, 4.69) is 5.10 Å². The van der Waals surface area contributed by atoms with Gasteiger partial charge in [0.2, 0.25) is 5.88 Å². The molecule has 2 N–H and O–H groups in total. The first-order chi connectivity index (χ1) is 7.97. The molecular formula is C11H11Cl2N3O. The number of anilines is 1. The molecule has 0 amide bonds. The highest BCUT2D eigenvalue weighted by molar-refractivity contribution is 6.34. The number of rotatable bonds is 2. The zero-order valence-electron chi connectivity index (χ0n) is 9.37. The van der Waals surface area contributed by atoms with E-state index in [4.69, 9.17) is 33.7 Å². The van der Waals surface area contributed by atoms with Gasteiger partial charge in [-0.05, 0) is 25.1 Å². The lowest BCUT2D eigenvalue weighted by Gasteiger charge is -2.07. The lowest BCUT2D eigenvalue weighted by Crippen LogP contribution is -1.97. The van der Waals surface area contributed by atoms with E-state index in [1.54, 1.807) is 29.9 Å². The molecule has 1 aromatic carbocycles. The Morgan fingerprint density at radius 1 is 1.24 bits per heavy atom. The average molecular weight is 272 g/mol. The first-order valence-corrected chi connectivity index (χ1v) is 5.66. The van der Waals surface area contributed by atoms with Crippen LogP contribution in [-0.2, 0) is 7.05 Å². The molecule has 4 nitrogen and oxygen atoms in total. The third-order valence-electron chi connectivity index (χ3n) is 2.26. The Morgan fingerprint density at radius 3 is 2.29 bits per heavy atom. The minimum atomic E-state index is 0.473. The Labute approximate surface area is 109 Å². The summed E-state index contributed by atoms with van der Waals surface area (Å²) in [5.41, 5.74) is 7.07. The maximum absolute atomic E-state index is 5.88. The van der Waals surface area contributed by atoms with E-state index < -0.39 is 0 Å². The molecule has 0 saturated heterocycles. The number of halogens is 2. The van der Waals surface area contributed by atoms with Crippen LogP contribution in [0.3, 0.4) is 0 Å². The van der Waals surface area contributed by atoms with Gasteiger partial charge in [0.15, 0.2) is 0 Å². The van der Waals surface area contributed by atoms with Crippen LogP contribution in [0.15, 0.2) is 18.2 Å². The van der Waals surface area contributed by atoms with Crippen molar-refractivity contribution in [1.82, 2.24) is 9.78 Å². The summed E-state index contributed by atoms with van der Waals surface area (Å²) in [7, 11) is 1.75. The van der Waals surface area contributed by atoms with Gasteiger partial charge in [0, 0.05) is 17.1 Å². The molecule has 1 heterocycles. The van der Waals surface area contributed by atoms with Gasteiger partial charge in [-0.25, -0.2) is 4.68 Å². The van der Waals surface area contributed by atoms with Crippen molar-refractivity contribution >= 4 is 28.9 Å². The fourth-order valence-corrected chi connectivity index (χ4v) is 1.98. The largest absolute Gasteiger partial charge is 0.437 e. The van der Waals surface area contributed by atoms with Crippen LogP contribution < -0.4 is 10.5 Å². The standard InChI is InChI=1S/C11H11Cl2N3O/c1-6-10(14)11(16(2)15-6)17-9-4-7(12)3-8(13)5-9/h3-5H,14H2,1-2H3. The maximum Gasteiger partial charge on any atom is 0.241 e. The van der Waals surface area contributed by atoms with Gasteiger partial charge in [-0.3, -0.25) is 0 Å². The van der Waals surface area contributed by atoms with Crippen LogP contribution in [0, 0.1) is 6.92 Å². The van der Waals surface area contributed by atoms with Crippen molar-refractivity contribution in [3.63, 3.8) is 0 Å². The quantitative estimate of drug-likeness (QED) is 0.911. The second-order valence-electron chi connectivity index (χ2n) is 3.64. The number of benzene rings is 1. The highest BCUT2D eigenvalue weighted by Crippen LogP contribution is 2.32. The average Bonchev–Trinajstić information content (AvgIpc) is 2.44. The molecular weight excluding hydrogens is 261 g/mol. The molecule has 2 aromatic rings. The number of hydrogen-bond donors (Lipinski definition) is 1. The fraction of sp³-hybridized carbons (Fsp3) is 0.182. The predicted octanol–water partition coefficient (Wildman–Crippen LogP) is 3.41. The summed E-state index contributed by atoms with van der Waals surface area (Å²) in [5.74, 6) is 0.998. The van der Waals surface area contributed by atoms with Gasteiger partial charge in [-0.15, -0.1) is 0 Å². The summed E-state index contributed by atoms with van der Waals surface area (Å²) in [5, 5.41) is 5.16. The number of hydrogen-bond acceptors (Lipinski definition) is 3. The zero-order chi connectivity index (χ0) is 12.6. The highest BCUT2D eigenvalue weighted by Gasteiger charge is 2.12. The molecule has 2 rings (SSSR count). The monoisotopic (exact) mass is 271 g/mol. The van der Waals surface area contributed by atoms with E-state index in [1.807, 2.05) is 6.92 Å². The summed E-state index contributed by atoms with van der Waals surface area (Å²) >= 11 is 11.8. The van der Waals surface area contributed by atoms with Gasteiger partial charge < -0.3 is 10.5 Å². The smallest absolute Gasteiger partial charge is 0.241 e. The fourth-order valence-electron chi connectivity index (χ4n) is 1.47. The summed E-state index contributed by atoms with van der Waals surface area (Å²) < 4.78 is 7.20. The molecule has 6 heteroatoms. The van der Waals surface area contributed by atoms with Crippen LogP contribution in [0.25, 0.3) is 0 Å². The second kappa shape index (κ2) is 4.47. The molecule has 0 fully saturated rings. The minimum Gasteiger partial charge on any atom is -0.437 e. The molecule has 0 saturated carbocycles. The third-order valence-corrected chi connectivity index (χ3v) is 2.70. The Kier molecular flexibility index (Phi) is 3.17. The third kappa shape index (κ3) is 2.48. The summed E-state index contributed by atoms with van der Waals surface area (Å²) in [4.78, 5) is 0. The molecule has 0 aliphatic rings. The van der Waals surface area contributed by atoms with E-state index >= 15 is 0 Å². The Bertz CT molecular complexity index is 546. The van der Waals surface area contributed by atoms with Gasteiger partial charge in [0.1, 0.15) is 11.4 Å². The van der Waals surface area contributed by atoms with Crippen molar-refractivity contribution in [3.8, 4) is 11.6 Å². The van der Waals surface area contributed by atoms with E-state index in [9.17, 15) is 0 Å². The van der Waals surface area contributed by atoms with Gasteiger partial charge in [0.05, 0.1) is 5.69 Å². The first kappa shape index (κ1) is 12.1.